The van der Waals surface area contributed by atoms with Gasteiger partial charge >= 0.3 is 0 Å². The van der Waals surface area contributed by atoms with E-state index in [4.69, 9.17) is 0 Å². The van der Waals surface area contributed by atoms with Gasteiger partial charge in [0.2, 0.25) is 5.95 Å². The Labute approximate surface area is 111 Å². The van der Waals surface area contributed by atoms with Crippen molar-refractivity contribution in [2.24, 2.45) is 0 Å². The van der Waals surface area contributed by atoms with Gasteiger partial charge in [0.15, 0.2) is 0 Å². The lowest BCUT2D eigenvalue weighted by Gasteiger charge is -2.22. The molecule has 1 aromatic rings. The summed E-state index contributed by atoms with van der Waals surface area (Å²) in [5.41, 5.74) is 1.13. The van der Waals surface area contributed by atoms with Gasteiger partial charge in [-0.1, -0.05) is 26.7 Å². The monoisotopic (exact) mass is 250 g/mol. The van der Waals surface area contributed by atoms with Crippen molar-refractivity contribution in [3.63, 3.8) is 0 Å². The summed E-state index contributed by atoms with van der Waals surface area (Å²) in [6.07, 6.45) is 8.66. The van der Waals surface area contributed by atoms with Gasteiger partial charge < -0.3 is 10.2 Å². The van der Waals surface area contributed by atoms with Crippen LogP contribution in [-0.4, -0.2) is 30.1 Å². The second kappa shape index (κ2) is 8.86. The minimum absolute atomic E-state index is 0.824. The maximum atomic E-state index is 4.48. The molecule has 1 rings (SSSR count). The van der Waals surface area contributed by atoms with E-state index in [1.165, 1.54) is 25.7 Å². The highest BCUT2D eigenvalue weighted by Crippen LogP contribution is 2.10. The van der Waals surface area contributed by atoms with E-state index >= 15 is 0 Å². The molecule has 1 N–H and O–H groups in total. The van der Waals surface area contributed by atoms with Gasteiger partial charge in [-0.05, 0) is 19.9 Å². The van der Waals surface area contributed by atoms with Gasteiger partial charge in [-0.3, -0.25) is 0 Å². The van der Waals surface area contributed by atoms with E-state index in [0.717, 1.165) is 31.1 Å². The molecule has 1 heterocycles. The Morgan fingerprint density at radius 2 is 1.61 bits per heavy atom. The maximum Gasteiger partial charge on any atom is 0.225 e. The van der Waals surface area contributed by atoms with Gasteiger partial charge in [0.1, 0.15) is 0 Å². The molecule has 4 nitrogen and oxygen atoms in total. The smallest absolute Gasteiger partial charge is 0.225 e. The number of rotatable bonds is 9. The molecular formula is C14H26N4. The van der Waals surface area contributed by atoms with E-state index in [-0.39, 0.29) is 0 Å². The molecule has 0 aliphatic carbocycles. The van der Waals surface area contributed by atoms with Crippen LogP contribution in [0.15, 0.2) is 12.4 Å². The average molecular weight is 250 g/mol. The van der Waals surface area contributed by atoms with E-state index in [9.17, 15) is 0 Å². The highest BCUT2D eigenvalue weighted by atomic mass is 15.2. The van der Waals surface area contributed by atoms with Crippen LogP contribution in [0.2, 0.25) is 0 Å². The zero-order valence-electron chi connectivity index (χ0n) is 11.9. The first-order valence-corrected chi connectivity index (χ1v) is 7.02. The topological polar surface area (TPSA) is 41.1 Å². The van der Waals surface area contributed by atoms with Gasteiger partial charge in [0, 0.05) is 37.6 Å². The molecule has 18 heavy (non-hydrogen) atoms. The van der Waals surface area contributed by atoms with Gasteiger partial charge in [-0.25, -0.2) is 9.97 Å². The van der Waals surface area contributed by atoms with Crippen molar-refractivity contribution >= 4 is 5.95 Å². The SMILES string of the molecule is CCCCN(CCCC)c1ncc(CNC)cn1. The number of unbranched alkanes of at least 4 members (excludes halogenated alkanes) is 2. The highest BCUT2D eigenvalue weighted by Gasteiger charge is 2.08. The number of hydrogen-bond acceptors (Lipinski definition) is 4. The maximum absolute atomic E-state index is 4.48. The Bertz CT molecular complexity index is 302. The highest BCUT2D eigenvalue weighted by molar-refractivity contribution is 5.29. The molecule has 0 saturated heterocycles. The molecule has 102 valence electrons. The van der Waals surface area contributed by atoms with Crippen molar-refractivity contribution in [3.8, 4) is 0 Å². The molecule has 4 heteroatoms. The molecule has 0 fully saturated rings. The fraction of sp³-hybridized carbons (Fsp3) is 0.714. The van der Waals surface area contributed by atoms with E-state index in [1.54, 1.807) is 0 Å². The quantitative estimate of drug-likeness (QED) is 0.731. The lowest BCUT2D eigenvalue weighted by Crippen LogP contribution is -2.27. The third kappa shape index (κ3) is 5.00. The van der Waals surface area contributed by atoms with Crippen LogP contribution in [0.1, 0.15) is 45.1 Å². The summed E-state index contributed by atoms with van der Waals surface area (Å²) >= 11 is 0. The molecule has 0 bridgehead atoms. The van der Waals surface area contributed by atoms with E-state index in [1.807, 2.05) is 19.4 Å². The molecule has 1 aromatic heterocycles. The molecular weight excluding hydrogens is 224 g/mol. The van der Waals surface area contributed by atoms with Gasteiger partial charge in [-0.15, -0.1) is 0 Å². The Morgan fingerprint density at radius 3 is 2.06 bits per heavy atom. The molecule has 0 radical (unpaired) electrons. The summed E-state index contributed by atoms with van der Waals surface area (Å²) in [4.78, 5) is 11.3. The van der Waals surface area contributed by atoms with Gasteiger partial charge in [-0.2, -0.15) is 0 Å². The Kier molecular flexibility index (Phi) is 7.34. The molecule has 0 atom stereocenters. The number of nitrogens with one attached hydrogen (secondary N) is 1. The fourth-order valence-corrected chi connectivity index (χ4v) is 1.82. The summed E-state index contributed by atoms with van der Waals surface area (Å²) in [6.45, 7) is 7.37. The predicted octanol–water partition coefficient (Wildman–Crippen LogP) is 2.60. The standard InChI is InChI=1S/C14H26N4/c1-4-6-8-18(9-7-5-2)14-16-11-13(10-15-3)12-17-14/h11-12,15H,4-10H2,1-3H3. The van der Waals surface area contributed by atoms with Crippen LogP contribution in [0.25, 0.3) is 0 Å². The zero-order chi connectivity index (χ0) is 13.2. The fourth-order valence-electron chi connectivity index (χ4n) is 1.82. The van der Waals surface area contributed by atoms with Gasteiger partial charge in [0.25, 0.3) is 0 Å². The van der Waals surface area contributed by atoms with Crippen molar-refractivity contribution in [3.05, 3.63) is 18.0 Å². The minimum atomic E-state index is 0.824. The summed E-state index contributed by atoms with van der Waals surface area (Å²) in [6, 6.07) is 0. The lowest BCUT2D eigenvalue weighted by molar-refractivity contribution is 0.661. The second-order valence-electron chi connectivity index (χ2n) is 4.62. The van der Waals surface area contributed by atoms with Crippen LogP contribution in [0.3, 0.4) is 0 Å². The third-order valence-electron chi connectivity index (χ3n) is 2.92. The molecule has 0 amide bonds. The molecule has 0 aliphatic heterocycles. The van der Waals surface area contributed by atoms with Crippen LogP contribution in [0.4, 0.5) is 5.95 Å². The molecule has 0 saturated carbocycles. The first-order chi connectivity index (χ1) is 8.81. The van der Waals surface area contributed by atoms with Crippen molar-refractivity contribution in [1.82, 2.24) is 15.3 Å². The second-order valence-corrected chi connectivity index (χ2v) is 4.62. The van der Waals surface area contributed by atoms with Crippen molar-refractivity contribution in [1.29, 1.82) is 0 Å². The molecule has 0 spiro atoms. The minimum Gasteiger partial charge on any atom is -0.341 e. The predicted molar refractivity (Wildman–Crippen MR) is 76.8 cm³/mol. The summed E-state index contributed by atoms with van der Waals surface area (Å²) in [7, 11) is 1.93. The Morgan fingerprint density at radius 1 is 1.06 bits per heavy atom. The van der Waals surface area contributed by atoms with Gasteiger partial charge in [0.05, 0.1) is 0 Å². The third-order valence-corrected chi connectivity index (χ3v) is 2.92. The Balaban J connectivity index is 2.64. The van der Waals surface area contributed by atoms with Crippen molar-refractivity contribution in [2.75, 3.05) is 25.0 Å². The molecule has 0 unspecified atom stereocenters. The average Bonchev–Trinajstić information content (AvgIpc) is 2.41. The summed E-state index contributed by atoms with van der Waals surface area (Å²) in [5.74, 6) is 0.872. The molecule has 0 aromatic carbocycles. The van der Waals surface area contributed by atoms with Crippen LogP contribution in [-0.2, 0) is 6.54 Å². The van der Waals surface area contributed by atoms with E-state index < -0.39 is 0 Å². The van der Waals surface area contributed by atoms with Crippen molar-refractivity contribution < 1.29 is 0 Å². The summed E-state index contributed by atoms with van der Waals surface area (Å²) in [5, 5.41) is 3.11. The number of nitrogens with zero attached hydrogens (tertiary/aromatic N) is 3. The summed E-state index contributed by atoms with van der Waals surface area (Å²) < 4.78 is 0. The normalized spacial score (nSPS) is 10.6. The largest absolute Gasteiger partial charge is 0.341 e. The van der Waals surface area contributed by atoms with E-state index in [0.29, 0.717) is 0 Å². The van der Waals surface area contributed by atoms with Crippen molar-refractivity contribution in [2.45, 2.75) is 46.1 Å². The molecule has 0 aliphatic rings. The lowest BCUT2D eigenvalue weighted by atomic mass is 10.3. The zero-order valence-corrected chi connectivity index (χ0v) is 11.9. The number of hydrogen-bond donors (Lipinski definition) is 1. The van der Waals surface area contributed by atoms with Crippen LogP contribution in [0.5, 0.6) is 0 Å². The van der Waals surface area contributed by atoms with Crippen LogP contribution >= 0.6 is 0 Å². The Hall–Kier alpha value is -1.16. The van der Waals surface area contributed by atoms with Crippen LogP contribution in [0, 0.1) is 0 Å². The first kappa shape index (κ1) is 14.9. The van der Waals surface area contributed by atoms with Crippen LogP contribution < -0.4 is 10.2 Å². The number of aromatic nitrogens is 2. The van der Waals surface area contributed by atoms with E-state index in [2.05, 4.69) is 34.0 Å². The number of anilines is 1. The first-order valence-electron chi connectivity index (χ1n) is 7.02.